The minimum atomic E-state index is -0.212. The predicted molar refractivity (Wildman–Crippen MR) is 91.7 cm³/mol. The van der Waals surface area contributed by atoms with Crippen molar-refractivity contribution in [1.82, 2.24) is 0 Å². The highest BCUT2D eigenvalue weighted by molar-refractivity contribution is 5.85. The first-order valence-electron chi connectivity index (χ1n) is 8.40. The molecule has 0 aliphatic heterocycles. The van der Waals surface area contributed by atoms with Gasteiger partial charge in [0.05, 0.1) is 19.6 Å². The molecule has 0 heterocycles. The number of carbonyl (C=O) groups is 1. The third-order valence-corrected chi connectivity index (χ3v) is 4.72. The van der Waals surface area contributed by atoms with Gasteiger partial charge in [-0.1, -0.05) is 31.2 Å². The maximum atomic E-state index is 11.4. The summed E-state index contributed by atoms with van der Waals surface area (Å²) in [5, 5.41) is 2.26. The summed E-state index contributed by atoms with van der Waals surface area (Å²) >= 11 is 0. The molecule has 0 bridgehead atoms. The lowest BCUT2D eigenvalue weighted by atomic mass is 9.89. The van der Waals surface area contributed by atoms with Crippen molar-refractivity contribution in [1.29, 1.82) is 0 Å². The highest BCUT2D eigenvalue weighted by Gasteiger charge is 2.19. The normalized spacial score (nSPS) is 21.1. The molecule has 2 aromatic rings. The monoisotopic (exact) mass is 312 g/mol. The van der Waals surface area contributed by atoms with E-state index < -0.39 is 0 Å². The van der Waals surface area contributed by atoms with E-state index in [2.05, 4.69) is 19.1 Å². The smallest absolute Gasteiger partial charge is 0.309 e. The van der Waals surface area contributed by atoms with Gasteiger partial charge >= 0.3 is 5.97 Å². The van der Waals surface area contributed by atoms with Gasteiger partial charge < -0.3 is 9.47 Å². The Kier molecular flexibility index (Phi) is 4.85. The second kappa shape index (κ2) is 7.03. The fourth-order valence-electron chi connectivity index (χ4n) is 3.24. The molecule has 1 saturated carbocycles. The molecule has 1 aliphatic rings. The lowest BCUT2D eigenvalue weighted by Crippen LogP contribution is -2.22. The van der Waals surface area contributed by atoms with Crippen molar-refractivity contribution < 1.29 is 14.3 Å². The van der Waals surface area contributed by atoms with Crippen molar-refractivity contribution in [3.05, 3.63) is 42.0 Å². The lowest BCUT2D eigenvalue weighted by Gasteiger charge is -2.27. The van der Waals surface area contributed by atoms with Gasteiger partial charge in [0.25, 0.3) is 0 Å². The average Bonchev–Trinajstić information content (AvgIpc) is 2.57. The Hall–Kier alpha value is -2.03. The predicted octanol–water partition coefficient (Wildman–Crippen LogP) is 4.51. The van der Waals surface area contributed by atoms with E-state index in [-0.39, 0.29) is 5.97 Å². The molecule has 0 N–H and O–H groups in total. The molecule has 0 amide bonds. The first-order valence-corrected chi connectivity index (χ1v) is 8.40. The number of fused-ring (bicyclic) bond motifs is 1. The molecule has 0 spiro atoms. The molecule has 0 unspecified atom stereocenters. The van der Waals surface area contributed by atoms with Crippen molar-refractivity contribution >= 4 is 16.7 Å². The summed E-state index contributed by atoms with van der Waals surface area (Å²) in [5.41, 5.74) is 0.972. The van der Waals surface area contributed by atoms with E-state index >= 15 is 0 Å². The second-order valence-corrected chi connectivity index (χ2v) is 6.60. The molecule has 0 atom stereocenters. The summed E-state index contributed by atoms with van der Waals surface area (Å²) in [6, 6.07) is 12.3. The molecule has 122 valence electrons. The fourth-order valence-corrected chi connectivity index (χ4v) is 3.24. The zero-order chi connectivity index (χ0) is 16.2. The van der Waals surface area contributed by atoms with E-state index in [1.54, 1.807) is 0 Å². The summed E-state index contributed by atoms with van der Waals surface area (Å²) in [7, 11) is 1.42. The van der Waals surface area contributed by atoms with Crippen molar-refractivity contribution in [2.24, 2.45) is 5.92 Å². The zero-order valence-corrected chi connectivity index (χ0v) is 13.9. The van der Waals surface area contributed by atoms with Gasteiger partial charge in [0.15, 0.2) is 0 Å². The standard InChI is InChI=1S/C20H24O3/c1-14-3-8-18(9-4-14)23-19-10-7-16-11-15(12-20(21)22-2)5-6-17(16)13-19/h5-7,10-11,13-14,18H,3-4,8-9,12H2,1-2H3. The Labute approximate surface area is 137 Å². The molecule has 0 saturated heterocycles. The molecule has 1 aliphatic carbocycles. The third-order valence-electron chi connectivity index (χ3n) is 4.72. The minimum absolute atomic E-state index is 0.212. The van der Waals surface area contributed by atoms with Gasteiger partial charge in [-0.2, -0.15) is 0 Å². The Bertz CT molecular complexity index is 684. The van der Waals surface area contributed by atoms with Crippen LogP contribution in [0.3, 0.4) is 0 Å². The molecule has 3 heteroatoms. The number of methoxy groups -OCH3 is 1. The first-order chi connectivity index (χ1) is 11.1. The topological polar surface area (TPSA) is 35.5 Å². The van der Waals surface area contributed by atoms with Gasteiger partial charge in [-0.25, -0.2) is 0 Å². The summed E-state index contributed by atoms with van der Waals surface area (Å²) in [4.78, 5) is 11.4. The maximum Gasteiger partial charge on any atom is 0.309 e. The third kappa shape index (κ3) is 4.04. The SMILES string of the molecule is COC(=O)Cc1ccc2cc(OC3CCC(C)CC3)ccc2c1. The van der Waals surface area contributed by atoms with Gasteiger partial charge in [-0.05, 0) is 60.1 Å². The van der Waals surface area contributed by atoms with Gasteiger partial charge in [-0.3, -0.25) is 4.79 Å². The van der Waals surface area contributed by atoms with E-state index in [9.17, 15) is 4.79 Å². The van der Waals surface area contributed by atoms with Crippen LogP contribution in [-0.4, -0.2) is 19.2 Å². The summed E-state index contributed by atoms with van der Waals surface area (Å²) in [6.45, 7) is 2.32. The van der Waals surface area contributed by atoms with Crippen molar-refractivity contribution in [3.63, 3.8) is 0 Å². The molecule has 0 radical (unpaired) electrons. The Balaban J connectivity index is 1.72. The number of ether oxygens (including phenoxy) is 2. The van der Waals surface area contributed by atoms with Crippen molar-refractivity contribution in [2.75, 3.05) is 7.11 Å². The Morgan fingerprint density at radius 2 is 1.74 bits per heavy atom. The molecule has 23 heavy (non-hydrogen) atoms. The van der Waals surface area contributed by atoms with Crippen LogP contribution >= 0.6 is 0 Å². The van der Waals surface area contributed by atoms with Crippen LogP contribution in [0.4, 0.5) is 0 Å². The molecule has 3 nitrogen and oxygen atoms in total. The van der Waals surface area contributed by atoms with Crippen LogP contribution < -0.4 is 4.74 Å². The van der Waals surface area contributed by atoms with Crippen molar-refractivity contribution in [2.45, 2.75) is 45.1 Å². The fraction of sp³-hybridized carbons (Fsp3) is 0.450. The first kappa shape index (κ1) is 15.9. The number of hydrogen-bond donors (Lipinski definition) is 0. The van der Waals surface area contributed by atoms with E-state index in [0.717, 1.165) is 40.8 Å². The Morgan fingerprint density at radius 1 is 1.04 bits per heavy atom. The summed E-state index contributed by atoms with van der Waals surface area (Å²) in [5.74, 6) is 1.56. The second-order valence-electron chi connectivity index (χ2n) is 6.60. The minimum Gasteiger partial charge on any atom is -0.490 e. The van der Waals surface area contributed by atoms with E-state index in [1.807, 2.05) is 24.3 Å². The van der Waals surface area contributed by atoms with E-state index in [0.29, 0.717) is 12.5 Å². The van der Waals surface area contributed by atoms with Crippen LogP contribution in [0.25, 0.3) is 10.8 Å². The van der Waals surface area contributed by atoms with Crippen LogP contribution in [0.1, 0.15) is 38.2 Å². The van der Waals surface area contributed by atoms with E-state index in [1.165, 1.54) is 20.0 Å². The van der Waals surface area contributed by atoms with Crippen LogP contribution in [0.2, 0.25) is 0 Å². The van der Waals surface area contributed by atoms with Crippen LogP contribution in [-0.2, 0) is 16.0 Å². The number of benzene rings is 2. The van der Waals surface area contributed by atoms with Gasteiger partial charge in [-0.15, -0.1) is 0 Å². The summed E-state index contributed by atoms with van der Waals surface area (Å²) < 4.78 is 10.9. The molecule has 1 fully saturated rings. The number of rotatable bonds is 4. The van der Waals surface area contributed by atoms with Crippen LogP contribution in [0.15, 0.2) is 36.4 Å². The highest BCUT2D eigenvalue weighted by atomic mass is 16.5. The quantitative estimate of drug-likeness (QED) is 0.779. The molecular weight excluding hydrogens is 288 g/mol. The average molecular weight is 312 g/mol. The van der Waals surface area contributed by atoms with E-state index in [4.69, 9.17) is 9.47 Å². The summed E-state index contributed by atoms with van der Waals surface area (Å²) in [6.07, 6.45) is 5.48. The van der Waals surface area contributed by atoms with Crippen molar-refractivity contribution in [3.8, 4) is 5.75 Å². The lowest BCUT2D eigenvalue weighted by molar-refractivity contribution is -0.139. The Morgan fingerprint density at radius 3 is 2.48 bits per heavy atom. The number of carbonyl (C=O) groups excluding carboxylic acids is 1. The van der Waals surface area contributed by atoms with Gasteiger partial charge in [0, 0.05) is 0 Å². The number of hydrogen-bond acceptors (Lipinski definition) is 3. The molecule has 2 aromatic carbocycles. The maximum absolute atomic E-state index is 11.4. The highest BCUT2D eigenvalue weighted by Crippen LogP contribution is 2.29. The largest absolute Gasteiger partial charge is 0.490 e. The molecule has 0 aromatic heterocycles. The zero-order valence-electron chi connectivity index (χ0n) is 13.9. The van der Waals surface area contributed by atoms with Crippen LogP contribution in [0.5, 0.6) is 5.75 Å². The van der Waals surface area contributed by atoms with Gasteiger partial charge in [0.1, 0.15) is 5.75 Å². The molecular formula is C20H24O3. The number of esters is 1. The van der Waals surface area contributed by atoms with Gasteiger partial charge in [0.2, 0.25) is 0 Å². The van der Waals surface area contributed by atoms with Crippen LogP contribution in [0, 0.1) is 5.92 Å². The molecule has 3 rings (SSSR count).